The summed E-state index contributed by atoms with van der Waals surface area (Å²) < 4.78 is 2.04. The summed E-state index contributed by atoms with van der Waals surface area (Å²) in [5, 5.41) is 0. The minimum atomic E-state index is 0. The summed E-state index contributed by atoms with van der Waals surface area (Å²) in [5.74, 6) is 0.587. The zero-order valence-electron chi connectivity index (χ0n) is 9.44. The van der Waals surface area contributed by atoms with Crippen molar-refractivity contribution in [2.24, 2.45) is 0 Å². The molecule has 86 valence electrons. The molecule has 0 bridgehead atoms. The van der Waals surface area contributed by atoms with Gasteiger partial charge in [-0.3, -0.25) is 0 Å². The Morgan fingerprint density at radius 2 is 1.75 bits per heavy atom. The Kier molecular flexibility index (Phi) is 3.88. The Balaban J connectivity index is 0.00000128. The molecule has 16 heavy (non-hydrogen) atoms. The zero-order valence-corrected chi connectivity index (χ0v) is 9.44. The highest BCUT2D eigenvalue weighted by molar-refractivity contribution is 5.35. The topological polar surface area (TPSA) is 17.8 Å². The normalized spacial score (nSPS) is 10.2. The minimum Gasteiger partial charge on any atom is -0.306 e. The third kappa shape index (κ3) is 2.51. The fourth-order valence-electron chi connectivity index (χ4n) is 1.59. The molecule has 0 amide bonds. The Morgan fingerprint density at radius 1 is 1.12 bits per heavy atom. The predicted octanol–water partition coefficient (Wildman–Crippen LogP) is 3.94. The van der Waals surface area contributed by atoms with Crippen molar-refractivity contribution in [3.05, 3.63) is 48.0 Å². The lowest BCUT2D eigenvalue weighted by molar-refractivity contribution is 0.865. The second-order valence-electron chi connectivity index (χ2n) is 4.17. The van der Waals surface area contributed by atoms with Crippen molar-refractivity contribution < 1.29 is 0 Å². The van der Waals surface area contributed by atoms with E-state index in [1.807, 2.05) is 24.0 Å². The molecule has 0 radical (unpaired) electrons. The molecule has 0 atom stereocenters. The molecule has 0 aliphatic carbocycles. The van der Waals surface area contributed by atoms with Gasteiger partial charge in [0.1, 0.15) is 0 Å². The molecule has 2 aromatic rings. The summed E-state index contributed by atoms with van der Waals surface area (Å²) in [4.78, 5) is 4.21. The molecular weight excluding hydrogens is 196 g/mol. The van der Waals surface area contributed by atoms with Gasteiger partial charge in [0.15, 0.2) is 0 Å². The zero-order chi connectivity index (χ0) is 10.8. The summed E-state index contributed by atoms with van der Waals surface area (Å²) in [6, 6.07) is 8.62. The van der Waals surface area contributed by atoms with E-state index in [1.54, 1.807) is 0 Å². The number of benzene rings is 1. The van der Waals surface area contributed by atoms with Gasteiger partial charge in [-0.15, -0.1) is 0 Å². The third-order valence-corrected chi connectivity index (χ3v) is 2.57. The van der Waals surface area contributed by atoms with Crippen molar-refractivity contribution in [2.75, 3.05) is 0 Å². The van der Waals surface area contributed by atoms with Crippen LogP contribution in [0.4, 0.5) is 0 Å². The molecule has 0 saturated carbocycles. The van der Waals surface area contributed by atoms with E-state index in [0.717, 1.165) is 5.69 Å². The highest BCUT2D eigenvalue weighted by Gasteiger charge is 2.00. The number of aromatic nitrogens is 2. The van der Waals surface area contributed by atoms with E-state index in [9.17, 15) is 0 Å². The molecule has 1 aromatic heterocycles. The Morgan fingerprint density at radius 3 is 2.19 bits per heavy atom. The number of imidazole rings is 1. The lowest BCUT2D eigenvalue weighted by Crippen LogP contribution is -1.92. The average Bonchev–Trinajstić information content (AvgIpc) is 2.65. The fraction of sp³-hybridized carbons (Fsp3) is 0.357. The van der Waals surface area contributed by atoms with Crippen LogP contribution in [0.25, 0.3) is 5.69 Å². The van der Waals surface area contributed by atoms with Crippen molar-refractivity contribution in [3.8, 4) is 5.69 Å². The summed E-state index contributed by atoms with van der Waals surface area (Å²) in [7, 11) is 0. The molecular formula is C14H20N2. The van der Waals surface area contributed by atoms with Crippen molar-refractivity contribution in [3.63, 3.8) is 0 Å². The van der Waals surface area contributed by atoms with E-state index >= 15 is 0 Å². The van der Waals surface area contributed by atoms with Crippen LogP contribution >= 0.6 is 0 Å². The number of hydrogen-bond donors (Lipinski definition) is 0. The van der Waals surface area contributed by atoms with Gasteiger partial charge in [0, 0.05) is 11.9 Å². The second-order valence-corrected chi connectivity index (χ2v) is 4.17. The highest BCUT2D eigenvalue weighted by Crippen LogP contribution is 2.16. The van der Waals surface area contributed by atoms with Gasteiger partial charge in [-0.25, -0.2) is 4.98 Å². The van der Waals surface area contributed by atoms with Crippen LogP contribution in [-0.2, 0) is 0 Å². The summed E-state index contributed by atoms with van der Waals surface area (Å²) >= 11 is 0. The molecule has 1 aromatic carbocycles. The maximum atomic E-state index is 4.21. The van der Waals surface area contributed by atoms with Crippen LogP contribution in [0.15, 0.2) is 36.8 Å². The van der Waals surface area contributed by atoms with Crippen molar-refractivity contribution in [2.45, 2.75) is 34.1 Å². The van der Waals surface area contributed by atoms with Crippen LogP contribution in [0.1, 0.15) is 38.4 Å². The third-order valence-electron chi connectivity index (χ3n) is 2.57. The molecule has 2 nitrogen and oxygen atoms in total. The largest absolute Gasteiger partial charge is 0.306 e. The minimum absolute atomic E-state index is 0. The maximum absolute atomic E-state index is 4.21. The fourth-order valence-corrected chi connectivity index (χ4v) is 1.59. The van der Waals surface area contributed by atoms with Gasteiger partial charge in [-0.2, -0.15) is 0 Å². The predicted molar refractivity (Wildman–Crippen MR) is 69.1 cm³/mol. The van der Waals surface area contributed by atoms with Gasteiger partial charge in [-0.1, -0.05) is 33.4 Å². The number of hydrogen-bond acceptors (Lipinski definition) is 1. The molecule has 0 aliphatic rings. The number of rotatable bonds is 2. The first-order valence-electron chi connectivity index (χ1n) is 5.28. The standard InChI is InChI=1S/C13H16N2.CH4/c1-10(2)12-4-6-13(7-5-12)15-8-11(3)14-9-15;/h4-10H,1-3H3;1H4. The summed E-state index contributed by atoms with van der Waals surface area (Å²) in [6.45, 7) is 6.41. The smallest absolute Gasteiger partial charge is 0.0995 e. The van der Waals surface area contributed by atoms with E-state index in [2.05, 4.69) is 43.1 Å². The molecule has 0 unspecified atom stereocenters. The molecule has 2 rings (SSSR count). The molecule has 1 heterocycles. The van der Waals surface area contributed by atoms with Crippen LogP contribution < -0.4 is 0 Å². The SMILES string of the molecule is C.Cc1cn(-c2ccc(C(C)C)cc2)cn1. The molecule has 0 saturated heterocycles. The van der Waals surface area contributed by atoms with Gasteiger partial charge in [0.25, 0.3) is 0 Å². The summed E-state index contributed by atoms with van der Waals surface area (Å²) in [6.07, 6.45) is 3.88. The van der Waals surface area contributed by atoms with Gasteiger partial charge in [-0.05, 0) is 30.5 Å². The van der Waals surface area contributed by atoms with E-state index < -0.39 is 0 Å². The Hall–Kier alpha value is -1.57. The Bertz CT molecular complexity index is 438. The number of aryl methyl sites for hydroxylation is 1. The van der Waals surface area contributed by atoms with Gasteiger partial charge in [0.2, 0.25) is 0 Å². The lowest BCUT2D eigenvalue weighted by Gasteiger charge is -2.07. The quantitative estimate of drug-likeness (QED) is 0.743. The molecule has 0 fully saturated rings. The van der Waals surface area contributed by atoms with Crippen molar-refractivity contribution >= 4 is 0 Å². The molecule has 2 heteroatoms. The second kappa shape index (κ2) is 4.97. The summed E-state index contributed by atoms with van der Waals surface area (Å²) in [5.41, 5.74) is 3.58. The highest BCUT2D eigenvalue weighted by atomic mass is 15.0. The van der Waals surface area contributed by atoms with E-state index in [1.165, 1.54) is 11.3 Å². The maximum Gasteiger partial charge on any atom is 0.0995 e. The van der Waals surface area contributed by atoms with E-state index in [-0.39, 0.29) is 7.43 Å². The van der Waals surface area contributed by atoms with Crippen LogP contribution in [-0.4, -0.2) is 9.55 Å². The average molecular weight is 216 g/mol. The molecule has 0 aliphatic heterocycles. The van der Waals surface area contributed by atoms with E-state index in [4.69, 9.17) is 0 Å². The first-order valence-corrected chi connectivity index (χ1v) is 5.28. The molecule has 0 N–H and O–H groups in total. The Labute approximate surface area is 98.0 Å². The van der Waals surface area contributed by atoms with Gasteiger partial charge >= 0.3 is 0 Å². The van der Waals surface area contributed by atoms with Crippen molar-refractivity contribution in [1.29, 1.82) is 0 Å². The van der Waals surface area contributed by atoms with Crippen LogP contribution in [0.5, 0.6) is 0 Å². The van der Waals surface area contributed by atoms with Crippen LogP contribution in [0.3, 0.4) is 0 Å². The first kappa shape index (κ1) is 12.5. The van der Waals surface area contributed by atoms with Crippen molar-refractivity contribution in [1.82, 2.24) is 9.55 Å². The van der Waals surface area contributed by atoms with E-state index in [0.29, 0.717) is 5.92 Å². The lowest BCUT2D eigenvalue weighted by atomic mass is 10.0. The van der Waals surface area contributed by atoms with Crippen LogP contribution in [0, 0.1) is 6.92 Å². The van der Waals surface area contributed by atoms with Gasteiger partial charge in [0.05, 0.1) is 12.0 Å². The molecule has 0 spiro atoms. The van der Waals surface area contributed by atoms with Gasteiger partial charge < -0.3 is 4.57 Å². The monoisotopic (exact) mass is 216 g/mol. The van der Waals surface area contributed by atoms with Crippen LogP contribution in [0.2, 0.25) is 0 Å². The number of nitrogens with zero attached hydrogens (tertiary/aromatic N) is 2. The first-order chi connectivity index (χ1) is 7.16.